The molecule has 0 aliphatic carbocycles. The molecule has 26 heavy (non-hydrogen) atoms. The van der Waals surface area contributed by atoms with Crippen LogP contribution in [0.25, 0.3) is 0 Å². The average molecular weight is 439 g/mol. The molecule has 1 aromatic carbocycles. The van der Waals surface area contributed by atoms with Gasteiger partial charge in [-0.1, -0.05) is 30.3 Å². The summed E-state index contributed by atoms with van der Waals surface area (Å²) in [5.74, 6) is -0.194. The molecule has 0 spiro atoms. The third kappa shape index (κ3) is 5.85. The van der Waals surface area contributed by atoms with Gasteiger partial charge in [-0.05, 0) is 60.8 Å². The number of benzene rings is 1. The quantitative estimate of drug-likeness (QED) is 0.690. The minimum atomic E-state index is -0.997. The topological polar surface area (TPSA) is 69.6 Å². The highest BCUT2D eigenvalue weighted by atomic mass is 79.9. The summed E-state index contributed by atoms with van der Waals surface area (Å²) in [7, 11) is 0. The number of halogens is 1. The van der Waals surface area contributed by atoms with Crippen molar-refractivity contribution < 1.29 is 14.7 Å². The van der Waals surface area contributed by atoms with Gasteiger partial charge in [0.15, 0.2) is 0 Å². The average Bonchev–Trinajstić information content (AvgIpc) is 2.98. The van der Waals surface area contributed by atoms with Gasteiger partial charge in [-0.3, -0.25) is 4.79 Å². The second-order valence-corrected chi connectivity index (χ2v) is 9.49. The van der Waals surface area contributed by atoms with Crippen LogP contribution in [-0.4, -0.2) is 40.1 Å². The van der Waals surface area contributed by atoms with Gasteiger partial charge in [0.05, 0.1) is 14.7 Å². The number of nitrogens with one attached hydrogen (secondary N) is 1. The predicted octanol–water partition coefficient (Wildman–Crippen LogP) is 4.63. The van der Waals surface area contributed by atoms with Crippen LogP contribution in [0.4, 0.5) is 4.79 Å². The van der Waals surface area contributed by atoms with Gasteiger partial charge in [-0.2, -0.15) is 0 Å². The number of rotatable bonds is 6. The van der Waals surface area contributed by atoms with Crippen molar-refractivity contribution in [2.45, 2.75) is 38.8 Å². The number of hydrogen-bond donors (Lipinski definition) is 2. The number of carboxylic acid groups (broad SMARTS) is 1. The SMILES string of the molecule is CC(C)(C)N(C[C@H](Cc1ccccc1)NC(=O)c1ccc(Br)s1)C(=O)O. The van der Waals surface area contributed by atoms with Crippen LogP contribution in [0.2, 0.25) is 0 Å². The van der Waals surface area contributed by atoms with Crippen molar-refractivity contribution >= 4 is 39.3 Å². The maximum atomic E-state index is 12.6. The fraction of sp³-hybridized carbons (Fsp3) is 0.368. The van der Waals surface area contributed by atoms with E-state index < -0.39 is 11.6 Å². The van der Waals surface area contributed by atoms with E-state index in [2.05, 4.69) is 21.2 Å². The molecule has 2 rings (SSSR count). The molecule has 1 aromatic heterocycles. The van der Waals surface area contributed by atoms with E-state index >= 15 is 0 Å². The van der Waals surface area contributed by atoms with Gasteiger partial charge in [-0.25, -0.2) is 4.79 Å². The molecule has 7 heteroatoms. The number of amides is 2. The lowest BCUT2D eigenvalue weighted by molar-refractivity contribution is 0.0824. The molecule has 0 radical (unpaired) electrons. The van der Waals surface area contributed by atoms with E-state index in [0.717, 1.165) is 9.35 Å². The van der Waals surface area contributed by atoms with Crippen LogP contribution in [0.1, 0.15) is 36.0 Å². The van der Waals surface area contributed by atoms with E-state index in [1.54, 1.807) is 6.07 Å². The van der Waals surface area contributed by atoms with E-state index in [9.17, 15) is 14.7 Å². The summed E-state index contributed by atoms with van der Waals surface area (Å²) >= 11 is 4.71. The highest BCUT2D eigenvalue weighted by Crippen LogP contribution is 2.22. The van der Waals surface area contributed by atoms with Crippen molar-refractivity contribution in [1.82, 2.24) is 10.2 Å². The first-order chi connectivity index (χ1) is 12.2. The minimum Gasteiger partial charge on any atom is -0.465 e. The zero-order valence-corrected chi connectivity index (χ0v) is 17.4. The van der Waals surface area contributed by atoms with Crippen LogP contribution in [0, 0.1) is 0 Å². The zero-order chi connectivity index (χ0) is 19.3. The molecule has 0 bridgehead atoms. The highest BCUT2D eigenvalue weighted by molar-refractivity contribution is 9.11. The van der Waals surface area contributed by atoms with Gasteiger partial charge >= 0.3 is 6.09 Å². The number of carbonyl (C=O) groups is 2. The molecule has 0 unspecified atom stereocenters. The monoisotopic (exact) mass is 438 g/mol. The molecular weight excluding hydrogens is 416 g/mol. The summed E-state index contributed by atoms with van der Waals surface area (Å²) in [6.45, 7) is 5.75. The van der Waals surface area contributed by atoms with E-state index in [1.165, 1.54) is 16.2 Å². The van der Waals surface area contributed by atoms with Gasteiger partial charge < -0.3 is 15.3 Å². The highest BCUT2D eigenvalue weighted by Gasteiger charge is 2.29. The van der Waals surface area contributed by atoms with Gasteiger partial charge in [-0.15, -0.1) is 11.3 Å². The second kappa shape index (κ2) is 8.68. The largest absolute Gasteiger partial charge is 0.465 e. The molecule has 0 saturated carbocycles. The standard InChI is InChI=1S/C19H23BrN2O3S/c1-19(2,3)22(18(24)25)12-14(11-13-7-5-4-6-8-13)21-17(23)15-9-10-16(20)26-15/h4-10,14H,11-12H2,1-3H3,(H,21,23)(H,24,25)/t14-/m0/s1. The van der Waals surface area contributed by atoms with Crippen molar-refractivity contribution in [2.75, 3.05) is 6.54 Å². The van der Waals surface area contributed by atoms with E-state index in [1.807, 2.05) is 57.2 Å². The molecule has 1 heterocycles. The zero-order valence-electron chi connectivity index (χ0n) is 15.0. The Morgan fingerprint density at radius 2 is 1.85 bits per heavy atom. The number of carbonyl (C=O) groups excluding carboxylic acids is 1. The fourth-order valence-electron chi connectivity index (χ4n) is 2.61. The Bertz CT molecular complexity index is 756. The molecule has 5 nitrogen and oxygen atoms in total. The van der Waals surface area contributed by atoms with Crippen molar-refractivity contribution in [1.29, 1.82) is 0 Å². The Labute approximate surface area is 166 Å². The Morgan fingerprint density at radius 1 is 1.19 bits per heavy atom. The minimum absolute atomic E-state index is 0.194. The first kappa shape index (κ1) is 20.5. The molecule has 2 N–H and O–H groups in total. The van der Waals surface area contributed by atoms with Gasteiger partial charge in [0.2, 0.25) is 0 Å². The summed E-state index contributed by atoms with van der Waals surface area (Å²) < 4.78 is 0.879. The van der Waals surface area contributed by atoms with Crippen LogP contribution in [-0.2, 0) is 6.42 Å². The lowest BCUT2D eigenvalue weighted by Crippen LogP contribution is -2.53. The van der Waals surface area contributed by atoms with Gasteiger partial charge in [0.25, 0.3) is 5.91 Å². The van der Waals surface area contributed by atoms with E-state index in [4.69, 9.17) is 0 Å². The molecule has 140 valence electrons. The lowest BCUT2D eigenvalue weighted by atomic mass is 10.0. The van der Waals surface area contributed by atoms with E-state index in [-0.39, 0.29) is 18.5 Å². The normalized spacial score (nSPS) is 12.5. The number of hydrogen-bond acceptors (Lipinski definition) is 3. The van der Waals surface area contributed by atoms with Crippen LogP contribution in [0.5, 0.6) is 0 Å². The first-order valence-electron chi connectivity index (χ1n) is 8.27. The van der Waals surface area contributed by atoms with E-state index in [0.29, 0.717) is 11.3 Å². The fourth-order valence-corrected chi connectivity index (χ4v) is 3.90. The number of nitrogens with zero attached hydrogens (tertiary/aromatic N) is 1. The predicted molar refractivity (Wildman–Crippen MR) is 108 cm³/mol. The molecule has 0 aliphatic rings. The van der Waals surface area contributed by atoms with Crippen LogP contribution in [0.3, 0.4) is 0 Å². The molecule has 0 aliphatic heterocycles. The van der Waals surface area contributed by atoms with Crippen molar-refractivity contribution in [3.05, 3.63) is 56.7 Å². The third-order valence-electron chi connectivity index (χ3n) is 3.90. The summed E-state index contributed by atoms with van der Waals surface area (Å²) in [6.07, 6.45) is -0.442. The molecule has 0 fully saturated rings. The molecule has 2 aromatic rings. The Morgan fingerprint density at radius 3 is 2.35 bits per heavy atom. The molecule has 0 saturated heterocycles. The smallest absolute Gasteiger partial charge is 0.407 e. The Kier molecular flexibility index (Phi) is 6.83. The second-order valence-electron chi connectivity index (χ2n) is 7.03. The van der Waals surface area contributed by atoms with Gasteiger partial charge in [0, 0.05) is 12.1 Å². The van der Waals surface area contributed by atoms with Crippen molar-refractivity contribution in [3.63, 3.8) is 0 Å². The maximum Gasteiger partial charge on any atom is 0.407 e. The van der Waals surface area contributed by atoms with Crippen molar-refractivity contribution in [3.8, 4) is 0 Å². The summed E-state index contributed by atoms with van der Waals surface area (Å²) in [5, 5.41) is 12.6. The summed E-state index contributed by atoms with van der Waals surface area (Å²) in [4.78, 5) is 26.2. The Balaban J connectivity index is 2.20. The Hall–Kier alpha value is -1.86. The molecule has 2 amide bonds. The first-order valence-corrected chi connectivity index (χ1v) is 9.88. The number of thiophene rings is 1. The van der Waals surface area contributed by atoms with Crippen molar-refractivity contribution in [2.24, 2.45) is 0 Å². The lowest BCUT2D eigenvalue weighted by Gasteiger charge is -2.36. The van der Waals surface area contributed by atoms with Gasteiger partial charge in [0.1, 0.15) is 0 Å². The van der Waals surface area contributed by atoms with Crippen LogP contribution in [0.15, 0.2) is 46.3 Å². The molecular formula is C19H23BrN2O3S. The summed E-state index contributed by atoms with van der Waals surface area (Å²) in [6, 6.07) is 13.0. The maximum absolute atomic E-state index is 12.6. The van der Waals surface area contributed by atoms with Crippen LogP contribution < -0.4 is 5.32 Å². The van der Waals surface area contributed by atoms with Crippen LogP contribution >= 0.6 is 27.3 Å². The summed E-state index contributed by atoms with van der Waals surface area (Å²) in [5.41, 5.74) is 0.488. The molecule has 1 atom stereocenters. The third-order valence-corrected chi connectivity index (χ3v) is 5.52.